The average Bonchev–Trinajstić information content (AvgIpc) is 3.09. The Morgan fingerprint density at radius 3 is 2.54 bits per heavy atom. The number of aromatic nitrogens is 1. The van der Waals surface area contributed by atoms with Gasteiger partial charge in [-0.25, -0.2) is 4.98 Å². The number of thiazole rings is 1. The van der Waals surface area contributed by atoms with E-state index in [9.17, 15) is 0 Å². The molecule has 0 unspecified atom stereocenters. The third-order valence-corrected chi connectivity index (χ3v) is 6.84. The van der Waals surface area contributed by atoms with E-state index in [2.05, 4.69) is 22.8 Å². The van der Waals surface area contributed by atoms with E-state index >= 15 is 0 Å². The maximum Gasteiger partial charge on any atom is 0.186 e. The molecule has 0 radical (unpaired) electrons. The zero-order valence-electron chi connectivity index (χ0n) is 14.8. The molecule has 130 valence electrons. The van der Waals surface area contributed by atoms with Crippen molar-refractivity contribution in [1.82, 2.24) is 9.88 Å². The predicted molar refractivity (Wildman–Crippen MR) is 102 cm³/mol. The Kier molecular flexibility index (Phi) is 4.63. The van der Waals surface area contributed by atoms with E-state index < -0.39 is 0 Å². The smallest absolute Gasteiger partial charge is 0.186 e. The lowest BCUT2D eigenvalue weighted by Crippen LogP contribution is -2.50. The fourth-order valence-electron chi connectivity index (χ4n) is 4.12. The Balaban J connectivity index is 1.49. The van der Waals surface area contributed by atoms with Crippen molar-refractivity contribution in [2.24, 2.45) is 0 Å². The maximum absolute atomic E-state index is 5.50. The van der Waals surface area contributed by atoms with Crippen LogP contribution in [0.1, 0.15) is 37.7 Å². The Labute approximate surface area is 148 Å². The first-order valence-electron chi connectivity index (χ1n) is 9.19. The summed E-state index contributed by atoms with van der Waals surface area (Å²) in [6, 6.07) is 4.99. The Bertz CT molecular complexity index is 700. The normalized spacial score (nSPS) is 20.7. The van der Waals surface area contributed by atoms with Gasteiger partial charge in [-0.3, -0.25) is 4.90 Å². The fourth-order valence-corrected chi connectivity index (χ4v) is 5.23. The number of hydrogen-bond acceptors (Lipinski definition) is 5. The van der Waals surface area contributed by atoms with Gasteiger partial charge in [0, 0.05) is 32.2 Å². The molecule has 24 heavy (non-hydrogen) atoms. The van der Waals surface area contributed by atoms with Crippen LogP contribution in [0, 0.1) is 6.92 Å². The van der Waals surface area contributed by atoms with Gasteiger partial charge in [0.25, 0.3) is 0 Å². The second-order valence-corrected chi connectivity index (χ2v) is 8.05. The zero-order valence-corrected chi connectivity index (χ0v) is 15.6. The quantitative estimate of drug-likeness (QED) is 0.838. The molecule has 0 amide bonds. The van der Waals surface area contributed by atoms with E-state index in [4.69, 9.17) is 9.72 Å². The van der Waals surface area contributed by atoms with Crippen LogP contribution in [-0.2, 0) is 0 Å². The maximum atomic E-state index is 5.50. The molecule has 0 atom stereocenters. The van der Waals surface area contributed by atoms with Crippen molar-refractivity contribution in [2.45, 2.75) is 45.1 Å². The highest BCUT2D eigenvalue weighted by Crippen LogP contribution is 2.36. The van der Waals surface area contributed by atoms with E-state index in [-0.39, 0.29) is 0 Å². The van der Waals surface area contributed by atoms with Gasteiger partial charge >= 0.3 is 0 Å². The Morgan fingerprint density at radius 2 is 1.83 bits per heavy atom. The number of hydrogen-bond donors (Lipinski definition) is 0. The number of methoxy groups -OCH3 is 1. The number of piperazine rings is 1. The van der Waals surface area contributed by atoms with Crippen LogP contribution in [0.5, 0.6) is 5.75 Å². The molecule has 1 aromatic heterocycles. The van der Waals surface area contributed by atoms with Crippen molar-refractivity contribution >= 4 is 26.7 Å². The molecular formula is C19H27N3OS. The van der Waals surface area contributed by atoms with Gasteiger partial charge in [-0.15, -0.1) is 0 Å². The van der Waals surface area contributed by atoms with Gasteiger partial charge in [-0.2, -0.15) is 0 Å². The van der Waals surface area contributed by atoms with E-state index in [1.165, 1.54) is 55.5 Å². The number of anilines is 1. The number of nitrogens with zero attached hydrogens (tertiary/aromatic N) is 3. The van der Waals surface area contributed by atoms with Gasteiger partial charge in [0.1, 0.15) is 11.3 Å². The first-order chi connectivity index (χ1) is 11.8. The molecule has 2 heterocycles. The molecule has 5 heteroatoms. The van der Waals surface area contributed by atoms with Crippen LogP contribution >= 0.6 is 11.3 Å². The molecule has 4 nitrogen and oxygen atoms in total. The van der Waals surface area contributed by atoms with Crippen molar-refractivity contribution in [1.29, 1.82) is 0 Å². The highest BCUT2D eigenvalue weighted by molar-refractivity contribution is 7.22. The van der Waals surface area contributed by atoms with Gasteiger partial charge in [-0.1, -0.05) is 36.7 Å². The summed E-state index contributed by atoms with van der Waals surface area (Å²) in [5.41, 5.74) is 2.31. The standard InChI is InChI=1S/C19H27N3OS/c1-14-8-9-16(23-2)17-18(14)24-19(20-17)22-12-10-21(11-13-22)15-6-4-3-5-7-15/h8-9,15H,3-7,10-13H2,1-2H3. The van der Waals surface area contributed by atoms with Crippen LogP contribution in [0.15, 0.2) is 12.1 Å². The number of aryl methyl sites for hydroxylation is 1. The lowest BCUT2D eigenvalue weighted by atomic mass is 9.94. The van der Waals surface area contributed by atoms with Crippen LogP contribution in [-0.4, -0.2) is 49.2 Å². The summed E-state index contributed by atoms with van der Waals surface area (Å²) in [5, 5.41) is 1.15. The van der Waals surface area contributed by atoms with Crippen molar-refractivity contribution in [3.05, 3.63) is 17.7 Å². The molecular weight excluding hydrogens is 318 g/mol. The molecule has 2 fully saturated rings. The van der Waals surface area contributed by atoms with Gasteiger partial charge in [0.05, 0.1) is 11.8 Å². The fraction of sp³-hybridized carbons (Fsp3) is 0.632. The van der Waals surface area contributed by atoms with Gasteiger partial charge in [0.2, 0.25) is 0 Å². The monoisotopic (exact) mass is 345 g/mol. The van der Waals surface area contributed by atoms with Crippen LogP contribution in [0.2, 0.25) is 0 Å². The largest absolute Gasteiger partial charge is 0.494 e. The van der Waals surface area contributed by atoms with E-state index in [0.29, 0.717) is 0 Å². The molecule has 1 aromatic carbocycles. The van der Waals surface area contributed by atoms with Crippen LogP contribution < -0.4 is 9.64 Å². The summed E-state index contributed by atoms with van der Waals surface area (Å²) in [6.45, 7) is 6.70. The second-order valence-electron chi connectivity index (χ2n) is 7.07. The molecule has 1 saturated heterocycles. The molecule has 0 bridgehead atoms. The van der Waals surface area contributed by atoms with Crippen LogP contribution in [0.25, 0.3) is 10.2 Å². The van der Waals surface area contributed by atoms with E-state index in [1.807, 2.05) is 17.4 Å². The lowest BCUT2D eigenvalue weighted by molar-refractivity contribution is 0.148. The molecule has 0 spiro atoms. The molecule has 1 aliphatic carbocycles. The van der Waals surface area contributed by atoms with Crippen molar-refractivity contribution < 1.29 is 4.74 Å². The third-order valence-electron chi connectivity index (χ3n) is 5.59. The lowest BCUT2D eigenvalue weighted by Gasteiger charge is -2.40. The summed E-state index contributed by atoms with van der Waals surface area (Å²) in [5.74, 6) is 0.888. The van der Waals surface area contributed by atoms with Crippen molar-refractivity contribution in [2.75, 3.05) is 38.2 Å². The molecule has 4 rings (SSSR count). The average molecular weight is 346 g/mol. The first-order valence-corrected chi connectivity index (χ1v) is 10.0. The van der Waals surface area contributed by atoms with Crippen LogP contribution in [0.3, 0.4) is 0 Å². The van der Waals surface area contributed by atoms with Gasteiger partial charge in [-0.05, 0) is 31.4 Å². The summed E-state index contributed by atoms with van der Waals surface area (Å²) >= 11 is 1.81. The molecule has 1 aliphatic heterocycles. The number of fused-ring (bicyclic) bond motifs is 1. The zero-order chi connectivity index (χ0) is 16.5. The topological polar surface area (TPSA) is 28.6 Å². The van der Waals surface area contributed by atoms with E-state index in [1.54, 1.807) is 7.11 Å². The Hall–Kier alpha value is -1.33. The minimum absolute atomic E-state index is 0.832. The van der Waals surface area contributed by atoms with E-state index in [0.717, 1.165) is 35.5 Å². The SMILES string of the molecule is COc1ccc(C)c2sc(N3CCN(C4CCCCC4)CC3)nc12. The van der Waals surface area contributed by atoms with Crippen molar-refractivity contribution in [3.63, 3.8) is 0 Å². The predicted octanol–water partition coefficient (Wildman–Crippen LogP) is 4.07. The number of ether oxygens (including phenoxy) is 1. The number of benzene rings is 1. The van der Waals surface area contributed by atoms with Crippen molar-refractivity contribution in [3.8, 4) is 5.75 Å². The molecule has 2 aromatic rings. The minimum Gasteiger partial charge on any atom is -0.494 e. The molecule has 2 aliphatic rings. The minimum atomic E-state index is 0.832. The second kappa shape index (κ2) is 6.89. The summed E-state index contributed by atoms with van der Waals surface area (Å²) < 4.78 is 6.76. The summed E-state index contributed by atoms with van der Waals surface area (Å²) in [6.07, 6.45) is 7.07. The molecule has 1 saturated carbocycles. The third kappa shape index (κ3) is 3.00. The highest BCUT2D eigenvalue weighted by atomic mass is 32.1. The summed E-state index contributed by atoms with van der Waals surface area (Å²) in [4.78, 5) is 10.1. The van der Waals surface area contributed by atoms with Crippen LogP contribution in [0.4, 0.5) is 5.13 Å². The summed E-state index contributed by atoms with van der Waals surface area (Å²) in [7, 11) is 1.73. The van der Waals surface area contributed by atoms with Gasteiger partial charge in [0.15, 0.2) is 5.13 Å². The number of rotatable bonds is 3. The highest BCUT2D eigenvalue weighted by Gasteiger charge is 2.26. The first kappa shape index (κ1) is 16.2. The molecule has 0 N–H and O–H groups in total. The Morgan fingerprint density at radius 1 is 1.08 bits per heavy atom. The van der Waals surface area contributed by atoms with Gasteiger partial charge < -0.3 is 9.64 Å².